The maximum Gasteiger partial charge on any atom is 0.389 e. The number of hydrogen-bond acceptors (Lipinski definition) is 3. The summed E-state index contributed by atoms with van der Waals surface area (Å²) < 4.78 is 40.8. The van der Waals surface area contributed by atoms with Gasteiger partial charge >= 0.3 is 12.1 Å². The minimum absolute atomic E-state index is 0.0601. The molecule has 0 heterocycles. The van der Waals surface area contributed by atoms with E-state index in [4.69, 9.17) is 9.84 Å². The lowest BCUT2D eigenvalue weighted by Crippen LogP contribution is -2.17. The number of hydrogen-bond donors (Lipinski definition) is 2. The molecule has 0 radical (unpaired) electrons. The van der Waals surface area contributed by atoms with Crippen LogP contribution in [-0.2, 0) is 4.79 Å². The van der Waals surface area contributed by atoms with E-state index < -0.39 is 30.9 Å². The summed E-state index contributed by atoms with van der Waals surface area (Å²) in [6.45, 7) is 0. The lowest BCUT2D eigenvalue weighted by Gasteiger charge is -2.11. The molecule has 0 aromatic heterocycles. The van der Waals surface area contributed by atoms with Crippen LogP contribution in [0, 0.1) is 0 Å². The molecular formula is C12H12F3NO4. The Balaban J connectivity index is 2.77. The Labute approximate surface area is 112 Å². The highest BCUT2D eigenvalue weighted by Crippen LogP contribution is 2.27. The molecular weight excluding hydrogens is 279 g/mol. The summed E-state index contributed by atoms with van der Waals surface area (Å²) in [5.41, 5.74) is 0.0554. The zero-order valence-electron chi connectivity index (χ0n) is 10.5. The van der Waals surface area contributed by atoms with E-state index >= 15 is 0 Å². The molecule has 1 aromatic rings. The summed E-state index contributed by atoms with van der Waals surface area (Å²) >= 11 is 0. The summed E-state index contributed by atoms with van der Waals surface area (Å²) in [6.07, 6.45) is -6.35. The van der Waals surface area contributed by atoms with Crippen LogP contribution in [0.15, 0.2) is 18.2 Å². The molecule has 0 spiro atoms. The van der Waals surface area contributed by atoms with Gasteiger partial charge in [0.05, 0.1) is 24.8 Å². The molecule has 0 bridgehead atoms. The molecule has 2 N–H and O–H groups in total. The summed E-state index contributed by atoms with van der Waals surface area (Å²) in [7, 11) is 1.26. The Morgan fingerprint density at radius 1 is 1.35 bits per heavy atom. The molecule has 0 atom stereocenters. The van der Waals surface area contributed by atoms with Crippen LogP contribution in [0.1, 0.15) is 23.2 Å². The zero-order valence-corrected chi connectivity index (χ0v) is 10.5. The molecule has 0 saturated heterocycles. The number of alkyl halides is 3. The zero-order chi connectivity index (χ0) is 15.3. The van der Waals surface area contributed by atoms with Crippen molar-refractivity contribution < 1.29 is 32.6 Å². The van der Waals surface area contributed by atoms with Gasteiger partial charge in [0.1, 0.15) is 5.75 Å². The smallest absolute Gasteiger partial charge is 0.389 e. The van der Waals surface area contributed by atoms with Crippen LogP contribution in [0.25, 0.3) is 0 Å². The van der Waals surface area contributed by atoms with Crippen molar-refractivity contribution in [2.75, 3.05) is 12.4 Å². The Morgan fingerprint density at radius 3 is 2.50 bits per heavy atom. The second-order valence-corrected chi connectivity index (χ2v) is 3.88. The normalized spacial score (nSPS) is 11.0. The second kappa shape index (κ2) is 6.27. The Bertz CT molecular complexity index is 514. The standard InChI is InChI=1S/C12H12F3NO4/c1-20-9-6-7(11(18)19)2-3-8(9)16-10(17)4-5-12(13,14)15/h2-3,6H,4-5H2,1H3,(H,16,17)(H,18,19). The van der Waals surface area contributed by atoms with E-state index in [2.05, 4.69) is 5.32 Å². The van der Waals surface area contributed by atoms with E-state index in [1.54, 1.807) is 0 Å². The van der Waals surface area contributed by atoms with Crippen molar-refractivity contribution >= 4 is 17.6 Å². The first-order chi connectivity index (χ1) is 9.23. The van der Waals surface area contributed by atoms with Crippen LogP contribution < -0.4 is 10.1 Å². The van der Waals surface area contributed by atoms with Gasteiger partial charge in [-0.05, 0) is 18.2 Å². The molecule has 5 nitrogen and oxygen atoms in total. The molecule has 110 valence electrons. The van der Waals surface area contributed by atoms with Gasteiger partial charge in [-0.3, -0.25) is 4.79 Å². The topological polar surface area (TPSA) is 75.6 Å². The van der Waals surface area contributed by atoms with E-state index in [1.165, 1.54) is 25.3 Å². The monoisotopic (exact) mass is 291 g/mol. The van der Waals surface area contributed by atoms with Gasteiger partial charge in [-0.25, -0.2) is 4.79 Å². The van der Waals surface area contributed by atoms with Crippen LogP contribution in [0.5, 0.6) is 5.75 Å². The van der Waals surface area contributed by atoms with Crippen molar-refractivity contribution in [3.8, 4) is 5.75 Å². The second-order valence-electron chi connectivity index (χ2n) is 3.88. The van der Waals surface area contributed by atoms with Crippen molar-refractivity contribution in [1.82, 2.24) is 0 Å². The molecule has 0 fully saturated rings. The fraction of sp³-hybridized carbons (Fsp3) is 0.333. The number of halogens is 3. The highest BCUT2D eigenvalue weighted by molar-refractivity contribution is 5.94. The molecule has 1 rings (SSSR count). The van der Waals surface area contributed by atoms with E-state index in [9.17, 15) is 22.8 Å². The van der Waals surface area contributed by atoms with Crippen molar-refractivity contribution in [1.29, 1.82) is 0 Å². The lowest BCUT2D eigenvalue weighted by atomic mass is 10.2. The third-order valence-electron chi connectivity index (χ3n) is 2.36. The third kappa shape index (κ3) is 4.79. The van der Waals surface area contributed by atoms with Gasteiger partial charge in [-0.2, -0.15) is 13.2 Å². The molecule has 1 amide bonds. The number of benzene rings is 1. The van der Waals surface area contributed by atoms with Gasteiger partial charge in [-0.1, -0.05) is 0 Å². The largest absolute Gasteiger partial charge is 0.495 e. The number of carboxylic acids is 1. The number of carbonyl (C=O) groups excluding carboxylic acids is 1. The molecule has 0 aliphatic heterocycles. The van der Waals surface area contributed by atoms with Crippen molar-refractivity contribution in [2.24, 2.45) is 0 Å². The number of carbonyl (C=O) groups is 2. The first-order valence-electron chi connectivity index (χ1n) is 5.51. The highest BCUT2D eigenvalue weighted by Gasteiger charge is 2.28. The maximum absolute atomic E-state index is 12.0. The molecule has 0 aliphatic rings. The van der Waals surface area contributed by atoms with Gasteiger partial charge in [0.15, 0.2) is 0 Å². The van der Waals surface area contributed by atoms with Gasteiger partial charge in [0.2, 0.25) is 5.91 Å². The predicted octanol–water partition coefficient (Wildman–Crippen LogP) is 2.67. The van der Waals surface area contributed by atoms with Gasteiger partial charge in [-0.15, -0.1) is 0 Å². The molecule has 1 aromatic carbocycles. The number of anilines is 1. The molecule has 20 heavy (non-hydrogen) atoms. The van der Waals surface area contributed by atoms with Gasteiger partial charge in [0, 0.05) is 6.42 Å². The third-order valence-corrected chi connectivity index (χ3v) is 2.36. The van der Waals surface area contributed by atoms with E-state index in [1.807, 2.05) is 0 Å². The quantitative estimate of drug-likeness (QED) is 0.874. The number of methoxy groups -OCH3 is 1. The minimum atomic E-state index is -4.41. The van der Waals surface area contributed by atoms with Gasteiger partial charge < -0.3 is 15.2 Å². The number of amides is 1. The summed E-state index contributed by atoms with van der Waals surface area (Å²) in [5, 5.41) is 11.0. The maximum atomic E-state index is 12.0. The summed E-state index contributed by atoms with van der Waals surface area (Å²) in [5.74, 6) is -1.95. The summed E-state index contributed by atoms with van der Waals surface area (Å²) in [6, 6.07) is 3.64. The molecule has 0 aliphatic carbocycles. The van der Waals surface area contributed by atoms with Crippen LogP contribution in [-0.4, -0.2) is 30.3 Å². The van der Waals surface area contributed by atoms with E-state index in [-0.39, 0.29) is 17.0 Å². The number of rotatable bonds is 5. The van der Waals surface area contributed by atoms with E-state index in [0.717, 1.165) is 0 Å². The van der Waals surface area contributed by atoms with Crippen LogP contribution in [0.3, 0.4) is 0 Å². The Hall–Kier alpha value is -2.25. The number of aromatic carboxylic acids is 1. The Kier molecular flexibility index (Phi) is 4.95. The Morgan fingerprint density at radius 2 is 2.00 bits per heavy atom. The first kappa shape index (κ1) is 15.8. The van der Waals surface area contributed by atoms with Crippen molar-refractivity contribution in [2.45, 2.75) is 19.0 Å². The van der Waals surface area contributed by atoms with E-state index in [0.29, 0.717) is 0 Å². The first-order valence-corrected chi connectivity index (χ1v) is 5.51. The fourth-order valence-corrected chi connectivity index (χ4v) is 1.40. The summed E-state index contributed by atoms with van der Waals surface area (Å²) in [4.78, 5) is 22.1. The number of nitrogens with one attached hydrogen (secondary N) is 1. The van der Waals surface area contributed by atoms with Crippen molar-refractivity contribution in [3.63, 3.8) is 0 Å². The SMILES string of the molecule is COc1cc(C(=O)O)ccc1NC(=O)CCC(F)(F)F. The van der Waals surface area contributed by atoms with Gasteiger partial charge in [0.25, 0.3) is 0 Å². The average molecular weight is 291 g/mol. The van der Waals surface area contributed by atoms with Crippen LogP contribution >= 0.6 is 0 Å². The lowest BCUT2D eigenvalue weighted by molar-refractivity contribution is -0.142. The fourth-order valence-electron chi connectivity index (χ4n) is 1.40. The average Bonchev–Trinajstić information content (AvgIpc) is 2.35. The predicted molar refractivity (Wildman–Crippen MR) is 63.9 cm³/mol. The highest BCUT2D eigenvalue weighted by atomic mass is 19.4. The molecule has 0 saturated carbocycles. The number of ether oxygens (including phenoxy) is 1. The molecule has 0 unspecified atom stereocenters. The number of carboxylic acid groups (broad SMARTS) is 1. The minimum Gasteiger partial charge on any atom is -0.495 e. The molecule has 8 heteroatoms. The van der Waals surface area contributed by atoms with Crippen LogP contribution in [0.2, 0.25) is 0 Å². The van der Waals surface area contributed by atoms with Crippen LogP contribution in [0.4, 0.5) is 18.9 Å². The van der Waals surface area contributed by atoms with Crippen molar-refractivity contribution in [3.05, 3.63) is 23.8 Å².